The van der Waals surface area contributed by atoms with Crippen molar-refractivity contribution < 1.29 is 0 Å². The molecule has 0 saturated heterocycles. The second-order valence-electron chi connectivity index (χ2n) is 11.3. The molecular formula is C30H36N6Si. The van der Waals surface area contributed by atoms with Crippen LogP contribution in [-0.2, 0) is 5.54 Å². The number of pyridine rings is 1. The Labute approximate surface area is 219 Å². The average molecular weight is 509 g/mol. The molecule has 4 N–H and O–H groups in total. The predicted molar refractivity (Wildman–Crippen MR) is 155 cm³/mol. The summed E-state index contributed by atoms with van der Waals surface area (Å²) in [6.07, 6.45) is 8.65. The normalized spacial score (nSPS) is 23.0. The zero-order valence-corrected chi connectivity index (χ0v) is 23.1. The van der Waals surface area contributed by atoms with Gasteiger partial charge in [-0.3, -0.25) is 4.98 Å². The van der Waals surface area contributed by atoms with E-state index < -0.39 is 8.07 Å². The number of benzene rings is 1. The number of anilines is 1. The van der Waals surface area contributed by atoms with E-state index in [9.17, 15) is 0 Å². The zero-order valence-electron chi connectivity index (χ0n) is 22.1. The Bertz CT molecular complexity index is 1560. The minimum atomic E-state index is -1.71. The fourth-order valence-corrected chi connectivity index (χ4v) is 9.35. The van der Waals surface area contributed by atoms with Crippen molar-refractivity contribution in [2.75, 3.05) is 5.73 Å². The fraction of sp³-hybridized carbons (Fsp3) is 0.433. The molecule has 0 unspecified atom stereocenters. The van der Waals surface area contributed by atoms with Crippen LogP contribution < -0.4 is 11.5 Å². The molecule has 0 radical (unpaired) electrons. The van der Waals surface area contributed by atoms with Gasteiger partial charge in [0.1, 0.15) is 31.6 Å². The molecule has 6 rings (SSSR count). The predicted octanol–water partition coefficient (Wildman–Crippen LogP) is 6.00. The van der Waals surface area contributed by atoms with Crippen LogP contribution in [0.2, 0.25) is 18.1 Å². The van der Waals surface area contributed by atoms with Gasteiger partial charge in [-0.05, 0) is 62.4 Å². The highest BCUT2D eigenvalue weighted by atomic mass is 28.3. The number of aromatic nitrogens is 4. The molecule has 0 atom stereocenters. The van der Waals surface area contributed by atoms with Crippen LogP contribution in [0.1, 0.15) is 58.6 Å². The van der Waals surface area contributed by atoms with E-state index in [1.807, 2.05) is 18.3 Å². The molecule has 6 nitrogen and oxygen atoms in total. The maximum Gasteiger partial charge on any atom is 0.147 e. The van der Waals surface area contributed by atoms with Crippen molar-refractivity contribution in [2.24, 2.45) is 5.73 Å². The first-order valence-electron chi connectivity index (χ1n) is 13.7. The number of nitrogen functional groups attached to an aromatic ring is 1. The van der Waals surface area contributed by atoms with E-state index in [2.05, 4.69) is 60.0 Å². The van der Waals surface area contributed by atoms with Gasteiger partial charge < -0.3 is 16.0 Å². The first-order chi connectivity index (χ1) is 17.9. The molecule has 37 heavy (non-hydrogen) atoms. The van der Waals surface area contributed by atoms with Crippen molar-refractivity contribution >= 4 is 35.8 Å². The van der Waals surface area contributed by atoms with Crippen molar-refractivity contribution in [3.8, 4) is 22.6 Å². The molecule has 2 aliphatic carbocycles. The number of rotatable bonds is 5. The quantitative estimate of drug-likeness (QED) is 0.255. The standard InChI is InChI=1S/C30H36N6Si/c1-4-37(5-2,6-3)16-11-24-25(22-17-21-9-7-8-10-23(21)33-18-22)26-27(31)34-20-35-28(26)36(24)30-14-12-29(32,19-30)13-15-30/h7-10,17-18,20H,4-6,12-15,19,32H2,1-3H3,(H2,31,34,35). The van der Waals surface area contributed by atoms with E-state index in [0.29, 0.717) is 5.82 Å². The average Bonchev–Trinajstić information content (AvgIpc) is 3.57. The number of fused-ring (bicyclic) bond motifs is 4. The number of hydrogen-bond donors (Lipinski definition) is 2. The van der Waals surface area contributed by atoms with Crippen LogP contribution in [0.5, 0.6) is 0 Å². The Morgan fingerprint density at radius 3 is 2.41 bits per heavy atom. The molecule has 190 valence electrons. The monoisotopic (exact) mass is 508 g/mol. The number of hydrogen-bond acceptors (Lipinski definition) is 5. The summed E-state index contributed by atoms with van der Waals surface area (Å²) in [6.45, 7) is 6.91. The Balaban J connectivity index is 1.71. The van der Waals surface area contributed by atoms with E-state index in [1.165, 1.54) is 0 Å². The summed E-state index contributed by atoms with van der Waals surface area (Å²) in [4.78, 5) is 14.1. The summed E-state index contributed by atoms with van der Waals surface area (Å²) in [5.41, 5.74) is 22.0. The molecule has 3 aromatic heterocycles. The lowest BCUT2D eigenvalue weighted by atomic mass is 9.91. The van der Waals surface area contributed by atoms with Crippen LogP contribution in [-0.4, -0.2) is 33.1 Å². The Morgan fingerprint density at radius 1 is 1.00 bits per heavy atom. The summed E-state index contributed by atoms with van der Waals surface area (Å²) in [5, 5.41) is 1.98. The molecule has 0 amide bonds. The van der Waals surface area contributed by atoms with Crippen LogP contribution in [0.3, 0.4) is 0 Å². The Hall–Kier alpha value is -3.21. The van der Waals surface area contributed by atoms with Gasteiger partial charge in [-0.2, -0.15) is 0 Å². The van der Waals surface area contributed by atoms with Gasteiger partial charge in [-0.1, -0.05) is 44.9 Å². The summed E-state index contributed by atoms with van der Waals surface area (Å²) in [7, 11) is -1.71. The first-order valence-corrected chi connectivity index (χ1v) is 16.3. The van der Waals surface area contributed by atoms with Gasteiger partial charge in [0, 0.05) is 33.8 Å². The molecule has 1 aromatic carbocycles. The van der Waals surface area contributed by atoms with Gasteiger partial charge in [0.25, 0.3) is 0 Å². The molecule has 0 aliphatic heterocycles. The Kier molecular flexibility index (Phi) is 5.66. The van der Waals surface area contributed by atoms with E-state index in [-0.39, 0.29) is 11.1 Å². The zero-order chi connectivity index (χ0) is 25.8. The van der Waals surface area contributed by atoms with E-state index >= 15 is 0 Å². The maximum atomic E-state index is 6.82. The third-order valence-electron chi connectivity index (χ3n) is 9.47. The van der Waals surface area contributed by atoms with Crippen LogP contribution in [0, 0.1) is 11.5 Å². The van der Waals surface area contributed by atoms with Gasteiger partial charge in [0.2, 0.25) is 0 Å². The topological polar surface area (TPSA) is 95.6 Å². The van der Waals surface area contributed by atoms with Crippen LogP contribution in [0.4, 0.5) is 5.82 Å². The Morgan fingerprint density at radius 2 is 1.73 bits per heavy atom. The van der Waals surface area contributed by atoms with Crippen molar-refractivity contribution in [3.05, 3.63) is 48.5 Å². The SMILES string of the molecule is CC[Si](C#Cc1c(-c2cnc3ccccc3c2)c2c(N)ncnc2n1C12CCC(N)(CC1)C2)(CC)CC. The molecule has 2 fully saturated rings. The molecule has 3 heterocycles. The summed E-state index contributed by atoms with van der Waals surface area (Å²) in [6, 6.07) is 13.9. The molecule has 7 heteroatoms. The van der Waals surface area contributed by atoms with Gasteiger partial charge in [-0.15, -0.1) is 5.54 Å². The lowest BCUT2D eigenvalue weighted by molar-refractivity contribution is 0.296. The van der Waals surface area contributed by atoms with Gasteiger partial charge in [0.05, 0.1) is 10.9 Å². The summed E-state index contributed by atoms with van der Waals surface area (Å²) in [5.74, 6) is 4.28. The second-order valence-corrected chi connectivity index (χ2v) is 16.2. The fourth-order valence-electron chi connectivity index (χ4n) is 6.94. The summed E-state index contributed by atoms with van der Waals surface area (Å²) >= 11 is 0. The highest BCUT2D eigenvalue weighted by Crippen LogP contribution is 2.56. The highest BCUT2D eigenvalue weighted by molar-refractivity contribution is 6.87. The first kappa shape index (κ1) is 24.1. The lowest BCUT2D eigenvalue weighted by Crippen LogP contribution is -2.33. The maximum absolute atomic E-state index is 6.82. The van der Waals surface area contributed by atoms with Crippen molar-refractivity contribution in [1.29, 1.82) is 0 Å². The highest BCUT2D eigenvalue weighted by Gasteiger charge is 2.54. The largest absolute Gasteiger partial charge is 0.383 e. The van der Waals surface area contributed by atoms with E-state index in [1.54, 1.807) is 6.33 Å². The lowest BCUT2D eigenvalue weighted by Gasteiger charge is -2.30. The third-order valence-corrected chi connectivity index (χ3v) is 14.2. The molecule has 0 spiro atoms. The van der Waals surface area contributed by atoms with E-state index in [4.69, 9.17) is 21.4 Å². The van der Waals surface area contributed by atoms with E-state index in [0.717, 1.165) is 89.0 Å². The van der Waals surface area contributed by atoms with Crippen LogP contribution in [0.15, 0.2) is 42.9 Å². The molecule has 2 saturated carbocycles. The van der Waals surface area contributed by atoms with Crippen LogP contribution in [0.25, 0.3) is 33.1 Å². The van der Waals surface area contributed by atoms with Crippen molar-refractivity contribution in [1.82, 2.24) is 19.5 Å². The van der Waals surface area contributed by atoms with Gasteiger partial charge in [-0.25, -0.2) is 9.97 Å². The second kappa shape index (κ2) is 8.68. The number of nitrogens with zero attached hydrogens (tertiary/aromatic N) is 4. The third kappa shape index (κ3) is 3.69. The molecular weight excluding hydrogens is 472 g/mol. The molecule has 2 aliphatic rings. The number of para-hydroxylation sites is 1. The smallest absolute Gasteiger partial charge is 0.147 e. The van der Waals surface area contributed by atoms with Crippen molar-refractivity contribution in [3.63, 3.8) is 0 Å². The van der Waals surface area contributed by atoms with Crippen LogP contribution >= 0.6 is 0 Å². The molecule has 4 aromatic rings. The molecule has 2 bridgehead atoms. The number of nitrogens with two attached hydrogens (primary N) is 2. The van der Waals surface area contributed by atoms with Gasteiger partial charge >= 0.3 is 0 Å². The van der Waals surface area contributed by atoms with Gasteiger partial charge in [0.15, 0.2) is 0 Å². The van der Waals surface area contributed by atoms with Crippen molar-refractivity contribution in [2.45, 2.75) is 82.1 Å². The minimum Gasteiger partial charge on any atom is -0.383 e. The minimum absolute atomic E-state index is 0.0881. The summed E-state index contributed by atoms with van der Waals surface area (Å²) < 4.78 is 2.43.